The van der Waals surface area contributed by atoms with Crippen molar-refractivity contribution in [1.82, 2.24) is 4.57 Å². The van der Waals surface area contributed by atoms with Crippen LogP contribution in [-0.2, 0) is 31.9 Å². The predicted octanol–water partition coefficient (Wildman–Crippen LogP) is 12.2. The van der Waals surface area contributed by atoms with E-state index in [-0.39, 0.29) is 31.9 Å². The van der Waals surface area contributed by atoms with E-state index in [1.54, 1.807) is 0 Å². The molecule has 0 radical (unpaired) electrons. The van der Waals surface area contributed by atoms with E-state index in [0.29, 0.717) is 0 Å². The van der Waals surface area contributed by atoms with Gasteiger partial charge in [-0.3, -0.25) is 0 Å². The van der Waals surface area contributed by atoms with Gasteiger partial charge in [-0.05, 0) is 84.3 Å². The SMILES string of the molecule is CN1[CH-]N(c2[c-]c3c(cc2)-n2c4ccc(C(C)(C)C)cc4c4cccc(c42)N3c2[c-]c(N3[CH-]N(C)c4ccccc43)cc(C(C)(C)C)c2)c2ccccc21.[Pt+4]. The molecule has 0 N–H and O–H groups in total. The van der Waals surface area contributed by atoms with Crippen molar-refractivity contribution in [3.05, 3.63) is 146 Å². The molecule has 0 spiro atoms. The van der Waals surface area contributed by atoms with Crippen molar-refractivity contribution in [3.63, 3.8) is 0 Å². The van der Waals surface area contributed by atoms with Gasteiger partial charge in [0.1, 0.15) is 0 Å². The molecule has 0 amide bonds. The van der Waals surface area contributed by atoms with Crippen molar-refractivity contribution in [1.29, 1.82) is 0 Å². The number of hydrogen-bond donors (Lipinski definition) is 0. The average molecular weight is 900 g/mol. The maximum absolute atomic E-state index is 3.98. The van der Waals surface area contributed by atoms with Crippen LogP contribution in [0.5, 0.6) is 0 Å². The first-order valence-corrected chi connectivity index (χ1v) is 18.8. The van der Waals surface area contributed by atoms with E-state index in [4.69, 9.17) is 0 Å². The number of anilines is 9. The first kappa shape index (κ1) is 35.5. The van der Waals surface area contributed by atoms with Gasteiger partial charge in [-0.15, -0.1) is 53.3 Å². The molecule has 4 heterocycles. The number of rotatable bonds is 3. The molecule has 6 nitrogen and oxygen atoms in total. The van der Waals surface area contributed by atoms with Crippen LogP contribution < -0.4 is 24.5 Å². The van der Waals surface area contributed by atoms with Crippen LogP contribution in [0.1, 0.15) is 52.7 Å². The first-order valence-electron chi connectivity index (χ1n) is 18.8. The molecular weight excluding hydrogens is 856 g/mol. The second kappa shape index (κ2) is 12.4. The van der Waals surface area contributed by atoms with Crippen LogP contribution >= 0.6 is 0 Å². The van der Waals surface area contributed by atoms with Crippen LogP contribution in [0.25, 0.3) is 27.5 Å². The number of nitrogens with zero attached hydrogens (tertiary/aromatic N) is 6. The van der Waals surface area contributed by atoms with Gasteiger partial charge in [0, 0.05) is 39.0 Å². The van der Waals surface area contributed by atoms with Crippen LogP contribution in [0, 0.1) is 25.5 Å². The largest absolute Gasteiger partial charge is 4.00 e. The van der Waals surface area contributed by atoms with Gasteiger partial charge in [0.05, 0.1) is 11.2 Å². The maximum Gasteiger partial charge on any atom is 4.00 e. The van der Waals surface area contributed by atoms with Gasteiger partial charge in [0.2, 0.25) is 0 Å². The fourth-order valence-electron chi connectivity index (χ4n) is 8.41. The van der Waals surface area contributed by atoms with Crippen LogP contribution in [0.2, 0.25) is 0 Å². The topological polar surface area (TPSA) is 21.1 Å². The zero-order valence-corrected chi connectivity index (χ0v) is 34.8. The summed E-state index contributed by atoms with van der Waals surface area (Å²) in [5, 5.41) is 2.51. The average Bonchev–Trinajstić information content (AvgIpc) is 3.80. The molecule has 3 aliphatic rings. The fourth-order valence-corrected chi connectivity index (χ4v) is 8.41. The van der Waals surface area contributed by atoms with E-state index in [9.17, 15) is 0 Å². The Bertz CT molecular complexity index is 2660. The molecule has 55 heavy (non-hydrogen) atoms. The standard InChI is InChI=1S/C48H44N6.Pt/c1-47(2,3)31-20-22-38-37(26-31)36-14-13-19-44-46(36)54(38)43-23-21-33(51-29-49(7)39-15-9-11-17-41(39)51)28-45(43)53(44)35-25-32(48(4,5)6)24-34(27-35)52-30-50(8)40-16-10-12-18-42(40)52;/h9-26,29-30H,1-8H3;/q-4;+4. The van der Waals surface area contributed by atoms with E-state index in [1.165, 1.54) is 44.3 Å². The summed E-state index contributed by atoms with van der Waals surface area (Å²) in [5.74, 6) is 0. The van der Waals surface area contributed by atoms with Crippen LogP contribution in [0.4, 0.5) is 51.2 Å². The Labute approximate surface area is 339 Å². The molecular formula is C48H44N6Pt. The molecule has 0 saturated carbocycles. The number of fused-ring (bicyclic) bond motifs is 7. The van der Waals surface area contributed by atoms with E-state index in [2.05, 4.69) is 219 Å². The Morgan fingerprint density at radius 1 is 0.491 bits per heavy atom. The minimum Gasteiger partial charge on any atom is -0.504 e. The fraction of sp³-hybridized carbons (Fsp3) is 0.208. The summed E-state index contributed by atoms with van der Waals surface area (Å²) in [6, 6.07) is 48.0. The summed E-state index contributed by atoms with van der Waals surface area (Å²) in [4.78, 5) is 11.3. The molecule has 3 aliphatic heterocycles. The summed E-state index contributed by atoms with van der Waals surface area (Å²) >= 11 is 0. The Kier molecular flexibility index (Phi) is 8.01. The molecule has 0 unspecified atom stereocenters. The monoisotopic (exact) mass is 899 g/mol. The van der Waals surface area contributed by atoms with Crippen molar-refractivity contribution in [2.75, 3.05) is 38.6 Å². The first-order chi connectivity index (χ1) is 25.9. The summed E-state index contributed by atoms with van der Waals surface area (Å²) in [6.07, 6.45) is 0. The molecule has 0 aliphatic carbocycles. The minimum absolute atomic E-state index is 0. The van der Waals surface area contributed by atoms with Gasteiger partial charge in [0.15, 0.2) is 0 Å². The van der Waals surface area contributed by atoms with Gasteiger partial charge in [-0.1, -0.05) is 89.7 Å². The van der Waals surface area contributed by atoms with Crippen molar-refractivity contribution < 1.29 is 21.1 Å². The van der Waals surface area contributed by atoms with Gasteiger partial charge >= 0.3 is 21.1 Å². The van der Waals surface area contributed by atoms with E-state index < -0.39 is 0 Å². The zero-order valence-electron chi connectivity index (χ0n) is 32.5. The molecule has 7 aromatic rings. The van der Waals surface area contributed by atoms with Crippen molar-refractivity contribution >= 4 is 73.0 Å². The third-order valence-electron chi connectivity index (χ3n) is 11.3. The molecule has 0 fully saturated rings. The Morgan fingerprint density at radius 3 is 1.71 bits per heavy atom. The number of para-hydroxylation sites is 5. The number of benzene rings is 6. The van der Waals surface area contributed by atoms with Crippen molar-refractivity contribution in [2.45, 2.75) is 52.4 Å². The predicted molar refractivity (Wildman–Crippen MR) is 227 cm³/mol. The van der Waals surface area contributed by atoms with Gasteiger partial charge in [-0.2, -0.15) is 13.3 Å². The van der Waals surface area contributed by atoms with Crippen LogP contribution in [-0.4, -0.2) is 18.7 Å². The smallest absolute Gasteiger partial charge is 0.504 e. The Balaban J connectivity index is 0.00000397. The molecule has 0 saturated heterocycles. The third-order valence-corrected chi connectivity index (χ3v) is 11.3. The summed E-state index contributed by atoms with van der Waals surface area (Å²) in [5.41, 5.74) is 15.6. The molecule has 0 bridgehead atoms. The molecule has 10 rings (SSSR count). The van der Waals surface area contributed by atoms with E-state index >= 15 is 0 Å². The maximum atomic E-state index is 3.98. The third kappa shape index (κ3) is 5.39. The van der Waals surface area contributed by atoms with Crippen LogP contribution in [0.15, 0.2) is 109 Å². The minimum atomic E-state index is -0.114. The van der Waals surface area contributed by atoms with Gasteiger partial charge < -0.3 is 29.1 Å². The molecule has 1 aromatic heterocycles. The van der Waals surface area contributed by atoms with Crippen molar-refractivity contribution in [3.8, 4) is 5.69 Å². The van der Waals surface area contributed by atoms with Crippen molar-refractivity contribution in [2.24, 2.45) is 0 Å². The zero-order chi connectivity index (χ0) is 37.3. The Hall–Kier alpha value is -5.19. The second-order valence-electron chi connectivity index (χ2n) is 17.0. The van der Waals surface area contributed by atoms with Crippen LogP contribution in [0.3, 0.4) is 0 Å². The summed E-state index contributed by atoms with van der Waals surface area (Å²) in [6.45, 7) is 18.1. The molecule has 6 aromatic carbocycles. The quantitative estimate of drug-likeness (QED) is 0.164. The van der Waals surface area contributed by atoms with E-state index in [0.717, 1.165) is 45.5 Å². The number of hydrogen-bond acceptors (Lipinski definition) is 5. The molecule has 276 valence electrons. The molecule has 7 heteroatoms. The normalized spacial score (nSPS) is 14.8. The summed E-state index contributed by atoms with van der Waals surface area (Å²) < 4.78 is 2.46. The van der Waals surface area contributed by atoms with Gasteiger partial charge in [0.25, 0.3) is 0 Å². The number of aromatic nitrogens is 1. The van der Waals surface area contributed by atoms with E-state index in [1.807, 2.05) is 0 Å². The second-order valence-corrected chi connectivity index (χ2v) is 17.0. The Morgan fingerprint density at radius 2 is 1.07 bits per heavy atom. The van der Waals surface area contributed by atoms with Gasteiger partial charge in [-0.25, -0.2) is 0 Å². The summed E-state index contributed by atoms with van der Waals surface area (Å²) in [7, 11) is 4.22. The molecule has 0 atom stereocenters.